The Kier molecular flexibility index (Phi) is 4.73. The van der Waals surface area contributed by atoms with Crippen molar-refractivity contribution in [3.63, 3.8) is 0 Å². The van der Waals surface area contributed by atoms with E-state index in [-0.39, 0.29) is 5.03 Å². The summed E-state index contributed by atoms with van der Waals surface area (Å²) in [6.07, 6.45) is 2.50. The third kappa shape index (κ3) is 3.47. The standard InChI is InChI=1S/C14H18BrN3O2S/c1-4-8-18-9-13(16-11(18)3)21(19,20)17-12-7-5-6-10(2)14(12)15/h5-7,9,17H,4,8H2,1-3H3. The summed E-state index contributed by atoms with van der Waals surface area (Å²) in [6, 6.07) is 5.42. The highest BCUT2D eigenvalue weighted by atomic mass is 79.9. The van der Waals surface area contributed by atoms with Crippen LogP contribution >= 0.6 is 15.9 Å². The molecule has 0 aliphatic heterocycles. The van der Waals surface area contributed by atoms with Crippen molar-refractivity contribution in [2.75, 3.05) is 4.72 Å². The summed E-state index contributed by atoms with van der Waals surface area (Å²) in [5.74, 6) is 0.695. The zero-order valence-corrected chi connectivity index (χ0v) is 14.6. The normalized spacial score (nSPS) is 11.6. The monoisotopic (exact) mass is 371 g/mol. The topological polar surface area (TPSA) is 64.0 Å². The summed E-state index contributed by atoms with van der Waals surface area (Å²) in [4.78, 5) is 4.15. The minimum Gasteiger partial charge on any atom is -0.334 e. The van der Waals surface area contributed by atoms with Gasteiger partial charge in [-0.2, -0.15) is 8.42 Å². The molecule has 0 atom stereocenters. The molecule has 5 nitrogen and oxygen atoms in total. The lowest BCUT2D eigenvalue weighted by atomic mass is 10.2. The molecule has 0 aliphatic carbocycles. The van der Waals surface area contributed by atoms with E-state index in [1.54, 1.807) is 25.3 Å². The fourth-order valence-electron chi connectivity index (χ4n) is 2.00. The molecule has 2 rings (SSSR count). The summed E-state index contributed by atoms with van der Waals surface area (Å²) < 4.78 is 30.0. The first kappa shape index (κ1) is 16.0. The van der Waals surface area contributed by atoms with Gasteiger partial charge in [-0.3, -0.25) is 4.72 Å². The lowest BCUT2D eigenvalue weighted by molar-refractivity contribution is 0.597. The van der Waals surface area contributed by atoms with E-state index < -0.39 is 10.0 Å². The van der Waals surface area contributed by atoms with Crippen LogP contribution in [-0.4, -0.2) is 18.0 Å². The highest BCUT2D eigenvalue weighted by Gasteiger charge is 2.20. The Morgan fingerprint density at radius 1 is 1.33 bits per heavy atom. The molecular formula is C14H18BrN3O2S. The highest BCUT2D eigenvalue weighted by molar-refractivity contribution is 9.10. The first-order valence-corrected chi connectivity index (χ1v) is 8.94. The number of sulfonamides is 1. The molecule has 0 amide bonds. The largest absolute Gasteiger partial charge is 0.334 e. The summed E-state index contributed by atoms with van der Waals surface area (Å²) in [5.41, 5.74) is 1.47. The molecule has 0 bridgehead atoms. The van der Waals surface area contributed by atoms with Crippen LogP contribution in [0.3, 0.4) is 0 Å². The molecule has 1 N–H and O–H groups in total. The molecule has 1 aromatic carbocycles. The second-order valence-corrected chi connectivity index (χ2v) is 7.28. The molecule has 0 unspecified atom stereocenters. The van der Waals surface area contributed by atoms with Crippen LogP contribution in [0, 0.1) is 13.8 Å². The molecule has 0 fully saturated rings. The molecule has 0 aliphatic rings. The van der Waals surface area contributed by atoms with Crippen molar-refractivity contribution in [2.45, 2.75) is 38.8 Å². The van der Waals surface area contributed by atoms with E-state index in [0.717, 1.165) is 23.0 Å². The molecule has 1 heterocycles. The average Bonchev–Trinajstić information content (AvgIpc) is 2.78. The third-order valence-electron chi connectivity index (χ3n) is 3.13. The molecule has 0 spiro atoms. The first-order valence-electron chi connectivity index (χ1n) is 6.67. The van der Waals surface area contributed by atoms with E-state index in [1.807, 2.05) is 24.5 Å². The molecule has 0 saturated carbocycles. The van der Waals surface area contributed by atoms with Crippen LogP contribution in [0.4, 0.5) is 5.69 Å². The number of imidazole rings is 1. The summed E-state index contributed by atoms with van der Waals surface area (Å²) in [5, 5.41) is 0.0434. The van der Waals surface area contributed by atoms with Crippen molar-refractivity contribution in [3.05, 3.63) is 40.3 Å². The summed E-state index contributed by atoms with van der Waals surface area (Å²) >= 11 is 3.40. The first-order chi connectivity index (χ1) is 9.85. The highest BCUT2D eigenvalue weighted by Crippen LogP contribution is 2.27. The van der Waals surface area contributed by atoms with Crippen LogP contribution < -0.4 is 4.72 Å². The molecule has 0 radical (unpaired) electrons. The minimum absolute atomic E-state index is 0.0434. The molecule has 114 valence electrons. The maximum atomic E-state index is 12.4. The van der Waals surface area contributed by atoms with Gasteiger partial charge in [0.05, 0.1) is 5.69 Å². The zero-order valence-electron chi connectivity index (χ0n) is 12.2. The molecule has 7 heteroatoms. The Labute approximate surface area is 133 Å². The van der Waals surface area contributed by atoms with Crippen LogP contribution in [0.2, 0.25) is 0 Å². The van der Waals surface area contributed by atoms with Gasteiger partial charge in [0, 0.05) is 17.2 Å². The average molecular weight is 372 g/mol. The minimum atomic E-state index is -3.68. The van der Waals surface area contributed by atoms with Crippen molar-refractivity contribution in [1.29, 1.82) is 0 Å². The fourth-order valence-corrected chi connectivity index (χ4v) is 3.58. The summed E-state index contributed by atoms with van der Waals surface area (Å²) in [7, 11) is -3.68. The van der Waals surface area contributed by atoms with Gasteiger partial charge in [-0.15, -0.1) is 0 Å². The van der Waals surface area contributed by atoms with Crippen LogP contribution in [0.25, 0.3) is 0 Å². The summed E-state index contributed by atoms with van der Waals surface area (Å²) in [6.45, 7) is 6.50. The number of anilines is 1. The fraction of sp³-hybridized carbons (Fsp3) is 0.357. The van der Waals surface area contributed by atoms with Crippen molar-refractivity contribution in [1.82, 2.24) is 9.55 Å². The Balaban J connectivity index is 2.34. The number of aromatic nitrogens is 2. The molecule has 2 aromatic rings. The van der Waals surface area contributed by atoms with Crippen molar-refractivity contribution in [2.24, 2.45) is 0 Å². The van der Waals surface area contributed by atoms with Crippen LogP contribution in [-0.2, 0) is 16.6 Å². The van der Waals surface area contributed by atoms with Crippen molar-refractivity contribution >= 4 is 31.6 Å². The van der Waals surface area contributed by atoms with E-state index >= 15 is 0 Å². The number of hydrogen-bond acceptors (Lipinski definition) is 3. The van der Waals surface area contributed by atoms with E-state index in [4.69, 9.17) is 0 Å². The van der Waals surface area contributed by atoms with Gasteiger partial charge in [-0.1, -0.05) is 19.1 Å². The Bertz CT molecular complexity index is 754. The van der Waals surface area contributed by atoms with E-state index in [0.29, 0.717) is 11.5 Å². The van der Waals surface area contributed by atoms with Gasteiger partial charge >= 0.3 is 0 Å². The maximum Gasteiger partial charge on any atom is 0.280 e. The van der Waals surface area contributed by atoms with E-state index in [1.165, 1.54) is 0 Å². The number of benzene rings is 1. The molecule has 21 heavy (non-hydrogen) atoms. The van der Waals surface area contributed by atoms with Gasteiger partial charge < -0.3 is 4.57 Å². The van der Waals surface area contributed by atoms with Gasteiger partial charge in [0.2, 0.25) is 0 Å². The van der Waals surface area contributed by atoms with Crippen molar-refractivity contribution in [3.8, 4) is 0 Å². The predicted molar refractivity (Wildman–Crippen MR) is 86.9 cm³/mol. The molecule has 0 saturated heterocycles. The Hall–Kier alpha value is -1.34. The lowest BCUT2D eigenvalue weighted by Crippen LogP contribution is -2.14. The number of halogens is 1. The lowest BCUT2D eigenvalue weighted by Gasteiger charge is -2.09. The van der Waals surface area contributed by atoms with Crippen LogP contribution in [0.15, 0.2) is 33.9 Å². The number of nitrogens with one attached hydrogen (secondary N) is 1. The van der Waals surface area contributed by atoms with Gasteiger partial charge in [0.15, 0.2) is 5.03 Å². The van der Waals surface area contributed by atoms with E-state index in [2.05, 4.69) is 25.6 Å². The number of hydrogen-bond donors (Lipinski definition) is 1. The number of rotatable bonds is 5. The predicted octanol–water partition coefficient (Wildman–Crippen LogP) is 3.47. The number of aryl methyl sites for hydroxylation is 3. The molecule has 1 aromatic heterocycles. The molecular weight excluding hydrogens is 354 g/mol. The second-order valence-electron chi connectivity index (χ2n) is 4.86. The van der Waals surface area contributed by atoms with E-state index in [9.17, 15) is 8.42 Å². The zero-order chi connectivity index (χ0) is 15.6. The maximum absolute atomic E-state index is 12.4. The van der Waals surface area contributed by atoms with Gasteiger partial charge in [0.1, 0.15) is 5.82 Å². The van der Waals surface area contributed by atoms with Gasteiger partial charge in [-0.05, 0) is 47.8 Å². The van der Waals surface area contributed by atoms with Crippen LogP contribution in [0.5, 0.6) is 0 Å². The van der Waals surface area contributed by atoms with Crippen LogP contribution in [0.1, 0.15) is 24.7 Å². The Morgan fingerprint density at radius 3 is 2.71 bits per heavy atom. The quantitative estimate of drug-likeness (QED) is 0.874. The number of nitrogens with zero attached hydrogens (tertiary/aromatic N) is 2. The van der Waals surface area contributed by atoms with Crippen molar-refractivity contribution < 1.29 is 8.42 Å². The second kappa shape index (κ2) is 6.19. The van der Waals surface area contributed by atoms with Gasteiger partial charge in [0.25, 0.3) is 10.0 Å². The third-order valence-corrected chi connectivity index (χ3v) is 5.42. The Morgan fingerprint density at radius 2 is 2.05 bits per heavy atom. The SMILES string of the molecule is CCCn1cc(S(=O)(=O)Nc2cccc(C)c2Br)nc1C. The smallest absolute Gasteiger partial charge is 0.280 e. The van der Waals surface area contributed by atoms with Gasteiger partial charge in [-0.25, -0.2) is 4.98 Å².